The zero-order valence-electron chi connectivity index (χ0n) is 20.9. The normalized spacial score (nSPS) is 12.9. The lowest BCUT2D eigenvalue weighted by Gasteiger charge is -2.32. The Hall–Kier alpha value is -3.43. The average molecular weight is 482 g/mol. The van der Waals surface area contributed by atoms with Gasteiger partial charge in [-0.05, 0) is 35.7 Å². The minimum absolute atomic E-state index is 0.0641. The summed E-state index contributed by atoms with van der Waals surface area (Å²) < 4.78 is 0. The maximum Gasteiger partial charge on any atom is 0.335 e. The van der Waals surface area contributed by atoms with Crippen LogP contribution >= 0.6 is 0 Å². The van der Waals surface area contributed by atoms with Crippen molar-refractivity contribution in [3.63, 3.8) is 0 Å². The molecule has 9 heteroatoms. The zero-order valence-corrected chi connectivity index (χ0v) is 20.9. The number of hydrogen-bond donors (Lipinski definition) is 3. The molecule has 3 N–H and O–H groups in total. The van der Waals surface area contributed by atoms with Gasteiger partial charge in [-0.25, -0.2) is 9.80 Å². The number of amides is 2. The van der Waals surface area contributed by atoms with Gasteiger partial charge >= 0.3 is 5.97 Å². The van der Waals surface area contributed by atoms with E-state index in [1.807, 2.05) is 37.9 Å². The largest absolute Gasteiger partial charge is 0.478 e. The summed E-state index contributed by atoms with van der Waals surface area (Å²) in [5, 5.41) is 19.1. The Kier molecular flexibility index (Phi) is 8.84. The molecule has 9 nitrogen and oxygen atoms in total. The summed E-state index contributed by atoms with van der Waals surface area (Å²) in [6.45, 7) is 8.13. The molecule has 0 aliphatic carbocycles. The van der Waals surface area contributed by atoms with E-state index in [1.54, 1.807) is 23.0 Å². The Morgan fingerprint density at radius 1 is 1.03 bits per heavy atom. The zero-order chi connectivity index (χ0) is 25.5. The standard InChI is InChI=1S/C26H35N5O4/c1-18(2)27-11-12-28-24(32)16-30(23-13-20(26(34)35)10-9-19(23)3)17-25(33)29(4)31-14-21-7-5-6-8-22(21)15-31/h5-10,13,18,27H,11-12,14-17H2,1-4H3,(H,28,32)(H,34,35). The van der Waals surface area contributed by atoms with Crippen LogP contribution in [0.4, 0.5) is 5.69 Å². The molecule has 2 aromatic rings. The highest BCUT2D eigenvalue weighted by atomic mass is 16.4. The third-order valence-electron chi connectivity index (χ3n) is 6.07. The summed E-state index contributed by atoms with van der Waals surface area (Å²) in [5.41, 5.74) is 3.81. The van der Waals surface area contributed by atoms with E-state index >= 15 is 0 Å². The van der Waals surface area contributed by atoms with Crippen molar-refractivity contribution in [3.05, 3.63) is 64.7 Å². The van der Waals surface area contributed by atoms with Crippen molar-refractivity contribution in [2.45, 2.75) is 39.9 Å². The van der Waals surface area contributed by atoms with E-state index in [0.29, 0.717) is 37.9 Å². The van der Waals surface area contributed by atoms with Crippen LogP contribution < -0.4 is 15.5 Å². The molecule has 0 aromatic heterocycles. The third kappa shape index (κ3) is 7.03. The number of benzene rings is 2. The predicted molar refractivity (Wildman–Crippen MR) is 135 cm³/mol. The minimum Gasteiger partial charge on any atom is -0.478 e. The number of aromatic carboxylic acids is 1. The smallest absolute Gasteiger partial charge is 0.335 e. The fourth-order valence-corrected chi connectivity index (χ4v) is 4.05. The van der Waals surface area contributed by atoms with E-state index in [-0.39, 0.29) is 30.5 Å². The molecular weight excluding hydrogens is 446 g/mol. The van der Waals surface area contributed by atoms with Gasteiger partial charge in [0.2, 0.25) is 5.91 Å². The van der Waals surface area contributed by atoms with Gasteiger partial charge in [-0.15, -0.1) is 0 Å². The number of nitrogens with one attached hydrogen (secondary N) is 2. The van der Waals surface area contributed by atoms with Crippen LogP contribution in [0.2, 0.25) is 0 Å². The molecule has 1 heterocycles. The molecule has 0 saturated carbocycles. The summed E-state index contributed by atoms with van der Waals surface area (Å²) >= 11 is 0. The van der Waals surface area contributed by atoms with E-state index in [9.17, 15) is 19.5 Å². The van der Waals surface area contributed by atoms with Gasteiger partial charge in [0.25, 0.3) is 5.91 Å². The molecule has 1 aliphatic heterocycles. The quantitative estimate of drug-likeness (QED) is 0.422. The van der Waals surface area contributed by atoms with Crippen LogP contribution in [0.1, 0.15) is 40.9 Å². The summed E-state index contributed by atoms with van der Waals surface area (Å²) in [7, 11) is 1.73. The molecule has 0 spiro atoms. The van der Waals surface area contributed by atoms with Crippen molar-refractivity contribution >= 4 is 23.5 Å². The Labute approximate surface area is 206 Å². The Morgan fingerprint density at radius 3 is 2.29 bits per heavy atom. The molecule has 35 heavy (non-hydrogen) atoms. The lowest BCUT2D eigenvalue weighted by atomic mass is 10.1. The molecule has 0 unspecified atom stereocenters. The first-order valence-corrected chi connectivity index (χ1v) is 11.8. The fraction of sp³-hybridized carbons (Fsp3) is 0.423. The Balaban J connectivity index is 1.74. The van der Waals surface area contributed by atoms with Crippen molar-refractivity contribution in [1.29, 1.82) is 0 Å². The summed E-state index contributed by atoms with van der Waals surface area (Å²) in [6, 6.07) is 13.1. The van der Waals surface area contributed by atoms with Gasteiger partial charge in [0.15, 0.2) is 0 Å². The van der Waals surface area contributed by atoms with Crippen molar-refractivity contribution in [2.24, 2.45) is 0 Å². The van der Waals surface area contributed by atoms with E-state index in [1.165, 1.54) is 23.3 Å². The van der Waals surface area contributed by atoms with Crippen LogP contribution in [0.5, 0.6) is 0 Å². The number of hydrogen-bond acceptors (Lipinski definition) is 6. The molecular formula is C26H35N5O4. The molecule has 0 atom stereocenters. The second-order valence-corrected chi connectivity index (χ2v) is 9.13. The molecule has 0 saturated heterocycles. The minimum atomic E-state index is -1.06. The van der Waals surface area contributed by atoms with Crippen LogP contribution in [0.3, 0.4) is 0 Å². The lowest BCUT2D eigenvalue weighted by Crippen LogP contribution is -2.48. The summed E-state index contributed by atoms with van der Waals surface area (Å²) in [5.74, 6) is -1.49. The second-order valence-electron chi connectivity index (χ2n) is 9.13. The van der Waals surface area contributed by atoms with Gasteiger partial charge in [0.1, 0.15) is 0 Å². The molecule has 0 bridgehead atoms. The number of aryl methyl sites for hydroxylation is 1. The number of anilines is 1. The molecule has 3 rings (SSSR count). The first-order valence-electron chi connectivity index (χ1n) is 11.8. The third-order valence-corrected chi connectivity index (χ3v) is 6.07. The number of fused-ring (bicyclic) bond motifs is 1. The topological polar surface area (TPSA) is 105 Å². The Morgan fingerprint density at radius 2 is 1.69 bits per heavy atom. The molecule has 2 aromatic carbocycles. The van der Waals surface area contributed by atoms with E-state index < -0.39 is 5.97 Å². The van der Waals surface area contributed by atoms with Crippen molar-refractivity contribution < 1.29 is 19.5 Å². The van der Waals surface area contributed by atoms with Crippen molar-refractivity contribution in [2.75, 3.05) is 38.1 Å². The van der Waals surface area contributed by atoms with Gasteiger partial charge in [-0.3, -0.25) is 14.6 Å². The monoisotopic (exact) mass is 481 g/mol. The molecule has 2 amide bonds. The average Bonchev–Trinajstić information content (AvgIpc) is 3.25. The first kappa shape index (κ1) is 26.2. The maximum atomic E-state index is 13.3. The lowest BCUT2D eigenvalue weighted by molar-refractivity contribution is -0.145. The van der Waals surface area contributed by atoms with Crippen molar-refractivity contribution in [1.82, 2.24) is 20.7 Å². The van der Waals surface area contributed by atoms with Gasteiger partial charge < -0.3 is 20.6 Å². The van der Waals surface area contributed by atoms with E-state index in [4.69, 9.17) is 0 Å². The van der Waals surface area contributed by atoms with Crippen LogP contribution in [-0.2, 0) is 22.7 Å². The van der Waals surface area contributed by atoms with Gasteiger partial charge in [-0.1, -0.05) is 44.2 Å². The highest BCUT2D eigenvalue weighted by Gasteiger charge is 2.27. The molecule has 0 fully saturated rings. The molecule has 0 radical (unpaired) electrons. The number of carboxylic acid groups (broad SMARTS) is 1. The van der Waals surface area contributed by atoms with Crippen LogP contribution in [-0.4, -0.2) is 72.2 Å². The number of carbonyl (C=O) groups is 3. The number of hydrazine groups is 1. The Bertz CT molecular complexity index is 1050. The molecule has 188 valence electrons. The van der Waals surface area contributed by atoms with E-state index in [2.05, 4.69) is 22.8 Å². The summed E-state index contributed by atoms with van der Waals surface area (Å²) in [4.78, 5) is 39.2. The number of likely N-dealkylation sites (N-methyl/N-ethyl adjacent to an activating group) is 1. The number of nitrogens with zero attached hydrogens (tertiary/aromatic N) is 3. The van der Waals surface area contributed by atoms with E-state index in [0.717, 1.165) is 5.56 Å². The maximum absolute atomic E-state index is 13.3. The SMILES string of the molecule is Cc1ccc(C(=O)O)cc1N(CC(=O)NCCNC(C)C)CC(=O)N(C)N1Cc2ccccc2C1. The molecule has 1 aliphatic rings. The number of carboxylic acids is 1. The first-order chi connectivity index (χ1) is 16.7. The van der Waals surface area contributed by atoms with Gasteiger partial charge in [-0.2, -0.15) is 0 Å². The highest BCUT2D eigenvalue weighted by Crippen LogP contribution is 2.25. The van der Waals surface area contributed by atoms with Crippen molar-refractivity contribution in [3.8, 4) is 0 Å². The highest BCUT2D eigenvalue weighted by molar-refractivity contribution is 5.91. The predicted octanol–water partition coefficient (Wildman–Crippen LogP) is 2.00. The number of carbonyl (C=O) groups excluding carboxylic acids is 2. The summed E-state index contributed by atoms with van der Waals surface area (Å²) in [6.07, 6.45) is 0. The number of rotatable bonds is 11. The van der Waals surface area contributed by atoms with Crippen LogP contribution in [0, 0.1) is 6.92 Å². The second kappa shape index (κ2) is 11.8. The van der Waals surface area contributed by atoms with Gasteiger partial charge in [0.05, 0.1) is 18.7 Å². The van der Waals surface area contributed by atoms with Gasteiger partial charge in [0, 0.05) is 45.0 Å². The fourth-order valence-electron chi connectivity index (χ4n) is 4.05. The van der Waals surface area contributed by atoms with Crippen LogP contribution in [0.15, 0.2) is 42.5 Å². The van der Waals surface area contributed by atoms with Crippen LogP contribution in [0.25, 0.3) is 0 Å².